The van der Waals surface area contributed by atoms with E-state index in [1.807, 2.05) is 13.0 Å². The molecular formula is C28H32N4O6. The number of carbonyl (C=O) groups is 3. The maximum absolute atomic E-state index is 14.0. The second kappa shape index (κ2) is 11.5. The molecule has 4 rings (SSSR count). The van der Waals surface area contributed by atoms with Crippen molar-refractivity contribution in [3.05, 3.63) is 81.0 Å². The Labute approximate surface area is 219 Å². The Balaban J connectivity index is 1.72. The summed E-state index contributed by atoms with van der Waals surface area (Å²) in [4.78, 5) is 69.7. The molecule has 0 saturated carbocycles. The van der Waals surface area contributed by atoms with Crippen LogP contribution in [0.1, 0.15) is 44.7 Å². The highest BCUT2D eigenvalue weighted by molar-refractivity contribution is 5.92. The highest BCUT2D eigenvalue weighted by Gasteiger charge is 2.40. The van der Waals surface area contributed by atoms with Crippen LogP contribution < -0.4 is 16.6 Å². The molecular weight excluding hydrogens is 488 g/mol. The molecule has 1 aliphatic rings. The third-order valence-corrected chi connectivity index (χ3v) is 7.32. The number of hydrogen-bond donors (Lipinski definition) is 3. The van der Waals surface area contributed by atoms with Gasteiger partial charge in [0, 0.05) is 13.0 Å². The van der Waals surface area contributed by atoms with E-state index in [-0.39, 0.29) is 24.3 Å². The third-order valence-electron chi connectivity index (χ3n) is 7.32. The van der Waals surface area contributed by atoms with Crippen LogP contribution in [-0.4, -0.2) is 56.0 Å². The largest absolute Gasteiger partial charge is 0.480 e. The van der Waals surface area contributed by atoms with Crippen molar-refractivity contribution in [3.63, 3.8) is 0 Å². The zero-order valence-electron chi connectivity index (χ0n) is 21.4. The summed E-state index contributed by atoms with van der Waals surface area (Å²) in [6.45, 7) is 3.83. The Kier molecular flexibility index (Phi) is 8.09. The first kappa shape index (κ1) is 26.8. The summed E-state index contributed by atoms with van der Waals surface area (Å²) in [5.74, 6) is -2.53. The second-order valence-electron chi connectivity index (χ2n) is 9.76. The Morgan fingerprint density at radius 1 is 1.08 bits per heavy atom. The predicted molar refractivity (Wildman–Crippen MR) is 142 cm³/mol. The van der Waals surface area contributed by atoms with E-state index in [0.29, 0.717) is 24.8 Å². The van der Waals surface area contributed by atoms with Crippen molar-refractivity contribution in [2.24, 2.45) is 5.92 Å². The van der Waals surface area contributed by atoms with Gasteiger partial charge in [-0.3, -0.25) is 14.4 Å². The van der Waals surface area contributed by atoms with Crippen molar-refractivity contribution in [1.82, 2.24) is 19.8 Å². The minimum atomic E-state index is -1.20. The highest BCUT2D eigenvalue weighted by Crippen LogP contribution is 2.24. The van der Waals surface area contributed by atoms with E-state index in [1.54, 1.807) is 55.5 Å². The van der Waals surface area contributed by atoms with Crippen molar-refractivity contribution in [2.75, 3.05) is 6.54 Å². The molecule has 0 unspecified atom stereocenters. The predicted octanol–water partition coefficient (Wildman–Crippen LogP) is 2.08. The van der Waals surface area contributed by atoms with Gasteiger partial charge in [0.05, 0.1) is 10.9 Å². The number of carbonyl (C=O) groups excluding carboxylic acids is 2. The van der Waals surface area contributed by atoms with Crippen molar-refractivity contribution in [3.8, 4) is 0 Å². The number of hydrogen-bond acceptors (Lipinski definition) is 5. The molecule has 10 nitrogen and oxygen atoms in total. The number of carboxylic acid groups (broad SMARTS) is 1. The van der Waals surface area contributed by atoms with Crippen molar-refractivity contribution >= 4 is 28.7 Å². The fourth-order valence-corrected chi connectivity index (χ4v) is 5.01. The molecule has 2 heterocycles. The molecule has 2 amide bonds. The zero-order chi connectivity index (χ0) is 27.4. The molecule has 0 spiro atoms. The lowest BCUT2D eigenvalue weighted by molar-refractivity contribution is -0.145. The summed E-state index contributed by atoms with van der Waals surface area (Å²) in [6, 6.07) is 12.4. The summed E-state index contributed by atoms with van der Waals surface area (Å²) in [7, 11) is 0. The topological polar surface area (TPSA) is 142 Å². The number of aromatic nitrogens is 2. The second-order valence-corrected chi connectivity index (χ2v) is 9.76. The van der Waals surface area contributed by atoms with Gasteiger partial charge in [-0.05, 0) is 36.5 Å². The molecule has 200 valence electrons. The summed E-state index contributed by atoms with van der Waals surface area (Å²) in [6.07, 6.45) is 1.51. The van der Waals surface area contributed by atoms with Gasteiger partial charge in [-0.25, -0.2) is 14.2 Å². The normalized spacial score (nSPS) is 17.6. The standard InChI is InChI=1S/C28H32N4O6/c1-3-17(2)23(27(36)37)30-24(33)21-14-9-15-31(21)26(35)22(16-18-10-5-4-6-11-18)32-25(34)19-12-7-8-13-20(19)29-28(32)38/h4-8,10-13,17,21-23H,3,9,14-16H2,1-2H3,(H,29,38)(H,30,33)(H,36,37)/t17-,21+,22+,23+/m1/s1. The average molecular weight is 521 g/mol. The molecule has 1 fully saturated rings. The van der Waals surface area contributed by atoms with E-state index in [9.17, 15) is 29.1 Å². The van der Waals surface area contributed by atoms with E-state index >= 15 is 0 Å². The average Bonchev–Trinajstić information content (AvgIpc) is 3.41. The van der Waals surface area contributed by atoms with E-state index in [0.717, 1.165) is 10.1 Å². The molecule has 0 aliphatic carbocycles. The third kappa shape index (κ3) is 5.39. The fourth-order valence-electron chi connectivity index (χ4n) is 5.01. The Hall–Kier alpha value is -4.21. The summed E-state index contributed by atoms with van der Waals surface area (Å²) >= 11 is 0. The Morgan fingerprint density at radius 3 is 2.45 bits per heavy atom. The molecule has 1 aromatic heterocycles. The molecule has 1 aliphatic heterocycles. The molecule has 2 aromatic carbocycles. The van der Waals surface area contributed by atoms with Crippen LogP contribution in [0.15, 0.2) is 64.2 Å². The van der Waals surface area contributed by atoms with E-state index in [2.05, 4.69) is 10.3 Å². The number of amides is 2. The number of benzene rings is 2. The van der Waals surface area contributed by atoms with Crippen LogP contribution in [0.5, 0.6) is 0 Å². The van der Waals surface area contributed by atoms with Crippen LogP contribution in [0.2, 0.25) is 0 Å². The molecule has 1 saturated heterocycles. The van der Waals surface area contributed by atoms with Gasteiger partial charge in [0.25, 0.3) is 5.56 Å². The number of nitrogens with one attached hydrogen (secondary N) is 2. The van der Waals surface area contributed by atoms with E-state index in [4.69, 9.17) is 0 Å². The maximum atomic E-state index is 14.0. The zero-order valence-corrected chi connectivity index (χ0v) is 21.4. The van der Waals surface area contributed by atoms with Crippen LogP contribution in [-0.2, 0) is 20.8 Å². The first-order valence-corrected chi connectivity index (χ1v) is 12.8. The molecule has 10 heteroatoms. The number of H-pyrrole nitrogens is 1. The monoisotopic (exact) mass is 520 g/mol. The van der Waals surface area contributed by atoms with Gasteiger partial charge < -0.3 is 20.3 Å². The van der Waals surface area contributed by atoms with Crippen molar-refractivity contribution < 1.29 is 19.5 Å². The Morgan fingerprint density at radius 2 is 1.76 bits per heavy atom. The molecule has 4 atom stereocenters. The van der Waals surface area contributed by atoms with E-state index in [1.165, 1.54) is 4.90 Å². The number of fused-ring (bicyclic) bond motifs is 1. The van der Waals surface area contributed by atoms with Crippen LogP contribution in [0.3, 0.4) is 0 Å². The minimum Gasteiger partial charge on any atom is -0.480 e. The lowest BCUT2D eigenvalue weighted by atomic mass is 9.98. The molecule has 0 radical (unpaired) electrons. The number of nitrogens with zero attached hydrogens (tertiary/aromatic N) is 2. The van der Waals surface area contributed by atoms with Crippen LogP contribution in [0.4, 0.5) is 0 Å². The lowest BCUT2D eigenvalue weighted by Gasteiger charge is -2.30. The number of rotatable bonds is 9. The van der Waals surface area contributed by atoms with Gasteiger partial charge >= 0.3 is 11.7 Å². The van der Waals surface area contributed by atoms with Gasteiger partial charge in [0.15, 0.2) is 0 Å². The van der Waals surface area contributed by atoms with E-state index < -0.39 is 47.2 Å². The fraction of sp³-hybridized carbons (Fsp3) is 0.393. The SMILES string of the molecule is CC[C@@H](C)[C@H](NC(=O)[C@@H]1CCCN1C(=O)[C@H](Cc1ccccc1)n1c(=O)[nH]c2ccccc2c1=O)C(=O)O. The molecule has 38 heavy (non-hydrogen) atoms. The van der Waals surface area contributed by atoms with Crippen LogP contribution in [0.25, 0.3) is 10.9 Å². The molecule has 3 aromatic rings. The van der Waals surface area contributed by atoms with Crippen molar-refractivity contribution in [1.29, 1.82) is 0 Å². The van der Waals surface area contributed by atoms with Crippen molar-refractivity contribution in [2.45, 2.75) is 57.7 Å². The summed E-state index contributed by atoms with van der Waals surface area (Å²) in [5, 5.41) is 12.5. The summed E-state index contributed by atoms with van der Waals surface area (Å²) in [5.41, 5.74) is -0.200. The van der Waals surface area contributed by atoms with Gasteiger partial charge in [-0.2, -0.15) is 0 Å². The maximum Gasteiger partial charge on any atom is 0.329 e. The van der Waals surface area contributed by atoms with Gasteiger partial charge in [0.2, 0.25) is 11.8 Å². The first-order chi connectivity index (χ1) is 18.2. The van der Waals surface area contributed by atoms with Gasteiger partial charge in [-0.1, -0.05) is 62.7 Å². The summed E-state index contributed by atoms with van der Waals surface area (Å²) < 4.78 is 0.935. The Bertz CT molecular complexity index is 1450. The number of aliphatic carboxylic acids is 1. The van der Waals surface area contributed by atoms with Crippen LogP contribution in [0, 0.1) is 5.92 Å². The quantitative estimate of drug-likeness (QED) is 0.394. The smallest absolute Gasteiger partial charge is 0.329 e. The number of carboxylic acids is 1. The van der Waals surface area contributed by atoms with Gasteiger partial charge in [-0.15, -0.1) is 0 Å². The van der Waals surface area contributed by atoms with Gasteiger partial charge in [0.1, 0.15) is 18.1 Å². The first-order valence-electron chi connectivity index (χ1n) is 12.8. The number of aromatic amines is 1. The highest BCUT2D eigenvalue weighted by atomic mass is 16.4. The molecule has 3 N–H and O–H groups in total. The molecule has 0 bridgehead atoms. The van der Waals surface area contributed by atoms with Crippen LogP contribution >= 0.6 is 0 Å². The number of para-hydroxylation sites is 1. The number of likely N-dealkylation sites (tertiary alicyclic amines) is 1. The minimum absolute atomic E-state index is 0.0659. The lowest BCUT2D eigenvalue weighted by Crippen LogP contribution is -2.54.